The van der Waals surface area contributed by atoms with Crippen LogP contribution in [0.5, 0.6) is 0 Å². The zero-order chi connectivity index (χ0) is 22.6. The second-order valence-corrected chi connectivity index (χ2v) is 9.50. The molecule has 0 saturated carbocycles. The van der Waals surface area contributed by atoms with Crippen LogP contribution in [0.1, 0.15) is 43.5 Å². The van der Waals surface area contributed by atoms with Crippen LogP contribution in [0, 0.1) is 0 Å². The quantitative estimate of drug-likeness (QED) is 0.561. The highest BCUT2D eigenvalue weighted by Gasteiger charge is 2.28. The van der Waals surface area contributed by atoms with Gasteiger partial charge in [0.15, 0.2) is 0 Å². The highest BCUT2D eigenvalue weighted by molar-refractivity contribution is 5.89. The Balaban J connectivity index is 1.40. The van der Waals surface area contributed by atoms with E-state index in [0.717, 1.165) is 18.8 Å². The molecule has 3 aromatic rings. The van der Waals surface area contributed by atoms with Crippen molar-refractivity contribution in [2.45, 2.75) is 32.2 Å². The van der Waals surface area contributed by atoms with Crippen molar-refractivity contribution >= 4 is 11.7 Å². The summed E-state index contributed by atoms with van der Waals surface area (Å²) in [6.45, 7) is 9.68. The van der Waals surface area contributed by atoms with Gasteiger partial charge in [-0.15, -0.1) is 0 Å². The Morgan fingerprint density at radius 2 is 1.25 bits per heavy atom. The third kappa shape index (κ3) is 5.20. The number of nitrogens with one attached hydrogen (secondary N) is 1. The fourth-order valence-electron chi connectivity index (χ4n) is 4.32. The molecule has 0 atom stereocenters. The first-order valence-electron chi connectivity index (χ1n) is 11.4. The highest BCUT2D eigenvalue weighted by atomic mass is 16.2. The number of rotatable bonds is 4. The molecular formula is C28H33N3O. The van der Waals surface area contributed by atoms with Crippen LogP contribution in [0.4, 0.5) is 10.5 Å². The molecule has 1 aliphatic heterocycles. The van der Waals surface area contributed by atoms with E-state index in [9.17, 15) is 4.79 Å². The van der Waals surface area contributed by atoms with Crippen LogP contribution in [0.2, 0.25) is 0 Å². The highest BCUT2D eigenvalue weighted by Crippen LogP contribution is 2.29. The second kappa shape index (κ2) is 9.58. The molecule has 0 aliphatic carbocycles. The number of amides is 2. The molecule has 1 aliphatic rings. The smallest absolute Gasteiger partial charge is 0.321 e. The lowest BCUT2D eigenvalue weighted by molar-refractivity contribution is 0.126. The zero-order valence-corrected chi connectivity index (χ0v) is 19.3. The molecule has 4 nitrogen and oxygen atoms in total. The average molecular weight is 428 g/mol. The number of urea groups is 1. The minimum absolute atomic E-state index is 0.0240. The summed E-state index contributed by atoms with van der Waals surface area (Å²) in [5.74, 6) is 0. The molecule has 0 unspecified atom stereocenters. The molecule has 1 heterocycles. The molecule has 32 heavy (non-hydrogen) atoms. The van der Waals surface area contributed by atoms with E-state index in [4.69, 9.17) is 0 Å². The number of hydrogen-bond donors (Lipinski definition) is 1. The van der Waals surface area contributed by atoms with Crippen LogP contribution in [0.25, 0.3) is 0 Å². The van der Waals surface area contributed by atoms with Crippen molar-refractivity contribution in [3.63, 3.8) is 0 Å². The van der Waals surface area contributed by atoms with Gasteiger partial charge in [0.25, 0.3) is 0 Å². The van der Waals surface area contributed by atoms with Crippen LogP contribution in [0.15, 0.2) is 84.9 Å². The molecule has 4 rings (SSSR count). The van der Waals surface area contributed by atoms with Gasteiger partial charge in [0.05, 0.1) is 6.04 Å². The molecular weight excluding hydrogens is 394 g/mol. The van der Waals surface area contributed by atoms with E-state index in [2.05, 4.69) is 104 Å². The van der Waals surface area contributed by atoms with Crippen molar-refractivity contribution in [3.05, 3.63) is 102 Å². The maximum atomic E-state index is 12.9. The van der Waals surface area contributed by atoms with Crippen molar-refractivity contribution < 1.29 is 4.79 Å². The average Bonchev–Trinajstić information content (AvgIpc) is 2.81. The van der Waals surface area contributed by atoms with Crippen LogP contribution in [-0.2, 0) is 5.41 Å². The standard InChI is InChI=1S/C28H33N3O/c1-28(2,3)24-14-16-25(17-15-24)29-27(32)31-20-18-30(19-21-31)26(22-10-6-4-7-11-22)23-12-8-5-9-13-23/h4-17,26H,18-21H2,1-3H3,(H,29,32). The van der Waals surface area contributed by atoms with Gasteiger partial charge >= 0.3 is 6.03 Å². The van der Waals surface area contributed by atoms with Crippen LogP contribution in [-0.4, -0.2) is 42.0 Å². The van der Waals surface area contributed by atoms with Gasteiger partial charge < -0.3 is 10.2 Å². The Kier molecular flexibility index (Phi) is 6.61. The predicted molar refractivity (Wildman–Crippen MR) is 132 cm³/mol. The summed E-state index contributed by atoms with van der Waals surface area (Å²) in [6.07, 6.45) is 0. The van der Waals surface area contributed by atoms with E-state index in [-0.39, 0.29) is 17.5 Å². The lowest BCUT2D eigenvalue weighted by Crippen LogP contribution is -2.51. The molecule has 0 aromatic heterocycles. The molecule has 3 aromatic carbocycles. The van der Waals surface area contributed by atoms with E-state index in [1.807, 2.05) is 17.0 Å². The van der Waals surface area contributed by atoms with E-state index >= 15 is 0 Å². The van der Waals surface area contributed by atoms with Gasteiger partial charge in [-0.25, -0.2) is 4.79 Å². The summed E-state index contributed by atoms with van der Waals surface area (Å²) in [4.78, 5) is 17.3. The SMILES string of the molecule is CC(C)(C)c1ccc(NC(=O)N2CCN(C(c3ccccc3)c3ccccc3)CC2)cc1. The Bertz CT molecular complexity index is 963. The Morgan fingerprint density at radius 3 is 1.72 bits per heavy atom. The maximum absolute atomic E-state index is 12.9. The molecule has 0 spiro atoms. The Hall–Kier alpha value is -3.11. The van der Waals surface area contributed by atoms with E-state index in [0.29, 0.717) is 13.1 Å². The second-order valence-electron chi connectivity index (χ2n) is 9.50. The number of benzene rings is 3. The number of hydrogen-bond acceptors (Lipinski definition) is 2. The maximum Gasteiger partial charge on any atom is 0.321 e. The van der Waals surface area contributed by atoms with Gasteiger partial charge in [0.1, 0.15) is 0 Å². The molecule has 4 heteroatoms. The van der Waals surface area contributed by atoms with Gasteiger partial charge in [-0.05, 0) is 34.2 Å². The summed E-state index contributed by atoms with van der Waals surface area (Å²) in [6, 6.07) is 29.6. The van der Waals surface area contributed by atoms with Gasteiger partial charge in [-0.3, -0.25) is 4.90 Å². The summed E-state index contributed by atoms with van der Waals surface area (Å²) in [5, 5.41) is 3.07. The van der Waals surface area contributed by atoms with Crippen LogP contribution >= 0.6 is 0 Å². The fourth-order valence-corrected chi connectivity index (χ4v) is 4.32. The number of carbonyl (C=O) groups is 1. The van der Waals surface area contributed by atoms with Crippen molar-refractivity contribution in [2.24, 2.45) is 0 Å². The third-order valence-electron chi connectivity index (χ3n) is 6.20. The summed E-state index contributed by atoms with van der Waals surface area (Å²) < 4.78 is 0. The van der Waals surface area contributed by atoms with Crippen molar-refractivity contribution in [1.29, 1.82) is 0 Å². The number of carbonyl (C=O) groups excluding carboxylic acids is 1. The van der Waals surface area contributed by atoms with Gasteiger partial charge in [0.2, 0.25) is 0 Å². The summed E-state index contributed by atoms with van der Waals surface area (Å²) in [7, 11) is 0. The van der Waals surface area contributed by atoms with Crippen LogP contribution < -0.4 is 5.32 Å². The van der Waals surface area contributed by atoms with Gasteiger partial charge in [-0.1, -0.05) is 93.6 Å². The number of piperazine rings is 1. The van der Waals surface area contributed by atoms with Crippen molar-refractivity contribution in [1.82, 2.24) is 9.80 Å². The minimum Gasteiger partial charge on any atom is -0.322 e. The summed E-state index contributed by atoms with van der Waals surface area (Å²) >= 11 is 0. The Morgan fingerprint density at radius 1 is 0.750 bits per heavy atom. The first-order valence-corrected chi connectivity index (χ1v) is 11.4. The van der Waals surface area contributed by atoms with Crippen LogP contribution in [0.3, 0.4) is 0 Å². The van der Waals surface area contributed by atoms with E-state index in [1.165, 1.54) is 16.7 Å². The lowest BCUT2D eigenvalue weighted by Gasteiger charge is -2.39. The molecule has 1 fully saturated rings. The number of anilines is 1. The first-order chi connectivity index (χ1) is 15.4. The van der Waals surface area contributed by atoms with Gasteiger partial charge in [-0.2, -0.15) is 0 Å². The zero-order valence-electron chi connectivity index (χ0n) is 19.3. The molecule has 1 saturated heterocycles. The van der Waals surface area contributed by atoms with E-state index < -0.39 is 0 Å². The monoisotopic (exact) mass is 427 g/mol. The summed E-state index contributed by atoms with van der Waals surface area (Å²) in [5.41, 5.74) is 4.78. The largest absolute Gasteiger partial charge is 0.322 e. The number of nitrogens with zero attached hydrogens (tertiary/aromatic N) is 2. The first kappa shape index (κ1) is 22.1. The molecule has 2 amide bonds. The van der Waals surface area contributed by atoms with Crippen molar-refractivity contribution in [3.8, 4) is 0 Å². The molecule has 0 bridgehead atoms. The lowest BCUT2D eigenvalue weighted by atomic mass is 9.87. The predicted octanol–water partition coefficient (Wildman–Crippen LogP) is 5.92. The topological polar surface area (TPSA) is 35.6 Å². The van der Waals surface area contributed by atoms with Crippen molar-refractivity contribution in [2.75, 3.05) is 31.5 Å². The normalized spacial score (nSPS) is 15.1. The van der Waals surface area contributed by atoms with Gasteiger partial charge in [0, 0.05) is 31.9 Å². The molecule has 1 N–H and O–H groups in total. The third-order valence-corrected chi connectivity index (χ3v) is 6.20. The minimum atomic E-state index is -0.0240. The molecule has 0 radical (unpaired) electrons. The molecule has 166 valence electrons. The Labute approximate surface area is 191 Å². The van der Waals surface area contributed by atoms with E-state index in [1.54, 1.807) is 0 Å². The fraction of sp³-hybridized carbons (Fsp3) is 0.321.